The molecule has 0 bridgehead atoms. The van der Waals surface area contributed by atoms with Crippen LogP contribution in [0.15, 0.2) is 36.7 Å². The highest BCUT2D eigenvalue weighted by molar-refractivity contribution is 6.03. The molecule has 0 spiro atoms. The van der Waals surface area contributed by atoms with Gasteiger partial charge in [-0.25, -0.2) is 4.98 Å². The first-order valence-electron chi connectivity index (χ1n) is 6.49. The topological polar surface area (TPSA) is 75.1 Å². The average Bonchev–Trinajstić information content (AvgIpc) is 2.48. The summed E-state index contributed by atoms with van der Waals surface area (Å²) >= 11 is 0. The Hall–Kier alpha value is -2.71. The van der Waals surface area contributed by atoms with E-state index in [1.165, 1.54) is 6.20 Å². The Labute approximate surface area is 123 Å². The highest BCUT2D eigenvalue weighted by atomic mass is 16.2. The number of carbonyl (C=O) groups excluding carboxylic acids is 1. The van der Waals surface area contributed by atoms with Crippen LogP contribution in [-0.4, -0.2) is 27.6 Å². The molecule has 2 heterocycles. The van der Waals surface area contributed by atoms with E-state index in [9.17, 15) is 4.79 Å². The first-order chi connectivity index (χ1) is 10.2. The number of aryl methyl sites for hydroxylation is 1. The normalized spacial score (nSPS) is 9.62. The molecule has 0 unspecified atom stereocenters. The molecule has 0 aliphatic carbocycles. The summed E-state index contributed by atoms with van der Waals surface area (Å²) in [5.74, 6) is 5.85. The van der Waals surface area contributed by atoms with Crippen molar-refractivity contribution in [2.75, 3.05) is 11.9 Å². The van der Waals surface area contributed by atoms with Gasteiger partial charge < -0.3 is 10.4 Å². The highest BCUT2D eigenvalue weighted by Crippen LogP contribution is 2.08. The number of aromatic nitrogens is 2. The van der Waals surface area contributed by atoms with Gasteiger partial charge >= 0.3 is 0 Å². The Bertz CT molecular complexity index is 702. The smallest absolute Gasteiger partial charge is 0.258 e. The van der Waals surface area contributed by atoms with Crippen molar-refractivity contribution < 1.29 is 9.90 Å². The number of carbonyl (C=O) groups is 1. The molecule has 1 amide bonds. The van der Waals surface area contributed by atoms with Crippen LogP contribution in [0.5, 0.6) is 0 Å². The molecular weight excluding hydrogens is 266 g/mol. The quantitative estimate of drug-likeness (QED) is 0.841. The van der Waals surface area contributed by atoms with Crippen LogP contribution >= 0.6 is 0 Å². The first-order valence-corrected chi connectivity index (χ1v) is 6.49. The van der Waals surface area contributed by atoms with Crippen molar-refractivity contribution in [2.24, 2.45) is 0 Å². The minimum atomic E-state index is -0.286. The molecule has 5 nitrogen and oxygen atoms in total. The molecule has 0 aliphatic heterocycles. The van der Waals surface area contributed by atoms with Crippen LogP contribution in [0.25, 0.3) is 0 Å². The Morgan fingerprint density at radius 3 is 3.00 bits per heavy atom. The zero-order valence-corrected chi connectivity index (χ0v) is 11.6. The van der Waals surface area contributed by atoms with E-state index in [0.29, 0.717) is 23.4 Å². The van der Waals surface area contributed by atoms with E-state index < -0.39 is 0 Å². The predicted molar refractivity (Wildman–Crippen MR) is 79.7 cm³/mol. The van der Waals surface area contributed by atoms with Gasteiger partial charge in [0.1, 0.15) is 5.82 Å². The molecule has 0 aromatic carbocycles. The molecule has 0 saturated carbocycles. The molecule has 0 saturated heterocycles. The summed E-state index contributed by atoms with van der Waals surface area (Å²) in [4.78, 5) is 20.3. The summed E-state index contributed by atoms with van der Waals surface area (Å²) in [6.45, 7) is 1.87. The van der Waals surface area contributed by atoms with E-state index >= 15 is 0 Å². The fourth-order valence-corrected chi connectivity index (χ4v) is 1.65. The molecular formula is C16H15N3O2. The summed E-state index contributed by atoms with van der Waals surface area (Å²) in [7, 11) is 0. The number of aliphatic hydroxyl groups excluding tert-OH is 1. The third kappa shape index (κ3) is 4.41. The Balaban J connectivity index is 2.13. The Morgan fingerprint density at radius 2 is 2.24 bits per heavy atom. The van der Waals surface area contributed by atoms with Gasteiger partial charge in [-0.1, -0.05) is 17.9 Å². The average molecular weight is 281 g/mol. The number of pyridine rings is 2. The van der Waals surface area contributed by atoms with E-state index in [4.69, 9.17) is 5.11 Å². The molecule has 2 N–H and O–H groups in total. The van der Waals surface area contributed by atoms with Crippen molar-refractivity contribution >= 4 is 11.7 Å². The largest absolute Gasteiger partial charge is 0.395 e. The lowest BCUT2D eigenvalue weighted by Gasteiger charge is -2.05. The van der Waals surface area contributed by atoms with E-state index in [1.807, 2.05) is 19.1 Å². The maximum atomic E-state index is 12.1. The van der Waals surface area contributed by atoms with Crippen molar-refractivity contribution in [2.45, 2.75) is 13.3 Å². The van der Waals surface area contributed by atoms with Crippen LogP contribution in [0.3, 0.4) is 0 Å². The van der Waals surface area contributed by atoms with Gasteiger partial charge in [0.2, 0.25) is 0 Å². The van der Waals surface area contributed by atoms with Crippen LogP contribution < -0.4 is 5.32 Å². The van der Waals surface area contributed by atoms with E-state index in [0.717, 1.165) is 5.69 Å². The van der Waals surface area contributed by atoms with Crippen molar-refractivity contribution in [1.82, 2.24) is 9.97 Å². The van der Waals surface area contributed by atoms with E-state index in [-0.39, 0.29) is 12.5 Å². The van der Waals surface area contributed by atoms with Crippen LogP contribution in [0.1, 0.15) is 28.0 Å². The summed E-state index contributed by atoms with van der Waals surface area (Å²) in [5, 5.41) is 11.4. The van der Waals surface area contributed by atoms with Crippen molar-refractivity contribution in [1.29, 1.82) is 0 Å². The maximum absolute atomic E-state index is 12.1. The van der Waals surface area contributed by atoms with Gasteiger partial charge in [-0.05, 0) is 25.1 Å². The molecule has 0 atom stereocenters. The Kier molecular flexibility index (Phi) is 5.02. The van der Waals surface area contributed by atoms with E-state index in [2.05, 4.69) is 27.1 Å². The van der Waals surface area contributed by atoms with Gasteiger partial charge in [-0.3, -0.25) is 9.78 Å². The minimum absolute atomic E-state index is 0.0135. The second kappa shape index (κ2) is 7.17. The zero-order valence-electron chi connectivity index (χ0n) is 11.6. The monoisotopic (exact) mass is 281 g/mol. The number of nitrogens with zero attached hydrogens (tertiary/aromatic N) is 2. The maximum Gasteiger partial charge on any atom is 0.258 e. The lowest BCUT2D eigenvalue weighted by atomic mass is 10.2. The summed E-state index contributed by atoms with van der Waals surface area (Å²) in [6.07, 6.45) is 3.44. The minimum Gasteiger partial charge on any atom is -0.395 e. The van der Waals surface area contributed by atoms with Crippen molar-refractivity contribution in [3.63, 3.8) is 0 Å². The second-order valence-corrected chi connectivity index (χ2v) is 4.36. The van der Waals surface area contributed by atoms with Gasteiger partial charge in [-0.2, -0.15) is 0 Å². The lowest BCUT2D eigenvalue weighted by molar-refractivity contribution is 0.102. The van der Waals surface area contributed by atoms with Crippen molar-refractivity contribution in [3.05, 3.63) is 53.5 Å². The van der Waals surface area contributed by atoms with Gasteiger partial charge in [0.15, 0.2) is 0 Å². The Morgan fingerprint density at radius 1 is 1.38 bits per heavy atom. The number of aliphatic hydroxyl groups is 1. The molecule has 2 aromatic heterocycles. The molecule has 0 fully saturated rings. The third-order valence-corrected chi connectivity index (χ3v) is 2.60. The fraction of sp³-hybridized carbons (Fsp3) is 0.188. The molecule has 0 aliphatic rings. The third-order valence-electron chi connectivity index (χ3n) is 2.60. The molecule has 2 aromatic rings. The molecule has 5 heteroatoms. The van der Waals surface area contributed by atoms with Gasteiger partial charge in [-0.15, -0.1) is 0 Å². The number of amides is 1. The number of hydrogen-bond acceptors (Lipinski definition) is 4. The number of hydrogen-bond donors (Lipinski definition) is 2. The standard InChI is InChI=1S/C16H15N3O2/c1-12-5-4-7-15(18-12)19-16(21)14-9-13(10-17-11-14)6-2-3-8-20/h4-5,7,9-11,20H,3,8H2,1H3,(H,18,19,21). The van der Waals surface area contributed by atoms with Crippen LogP contribution in [0.2, 0.25) is 0 Å². The van der Waals surface area contributed by atoms with E-state index in [1.54, 1.807) is 18.3 Å². The number of anilines is 1. The molecule has 21 heavy (non-hydrogen) atoms. The molecule has 2 rings (SSSR count). The second-order valence-electron chi connectivity index (χ2n) is 4.36. The molecule has 106 valence electrons. The lowest BCUT2D eigenvalue weighted by Crippen LogP contribution is -2.13. The van der Waals surface area contributed by atoms with Gasteiger partial charge in [0.25, 0.3) is 5.91 Å². The van der Waals surface area contributed by atoms with Gasteiger partial charge in [0, 0.05) is 30.1 Å². The first kappa shape index (κ1) is 14.7. The van der Waals surface area contributed by atoms with Crippen LogP contribution in [0.4, 0.5) is 5.82 Å². The van der Waals surface area contributed by atoms with Gasteiger partial charge in [0.05, 0.1) is 12.2 Å². The number of rotatable bonds is 3. The SMILES string of the molecule is Cc1cccc(NC(=O)c2cncc(C#CCCO)c2)n1. The predicted octanol–water partition coefficient (Wildman–Crippen LogP) is 1.77. The highest BCUT2D eigenvalue weighted by Gasteiger charge is 2.07. The zero-order chi connectivity index (χ0) is 15.1. The summed E-state index contributed by atoms with van der Waals surface area (Å²) < 4.78 is 0. The van der Waals surface area contributed by atoms with Crippen LogP contribution in [0, 0.1) is 18.8 Å². The number of nitrogens with one attached hydrogen (secondary N) is 1. The fourth-order valence-electron chi connectivity index (χ4n) is 1.65. The summed E-state index contributed by atoms with van der Waals surface area (Å²) in [5.41, 5.74) is 1.87. The van der Waals surface area contributed by atoms with Crippen LogP contribution in [-0.2, 0) is 0 Å². The molecule has 0 radical (unpaired) electrons. The van der Waals surface area contributed by atoms with Crippen molar-refractivity contribution in [3.8, 4) is 11.8 Å². The summed E-state index contributed by atoms with van der Waals surface area (Å²) in [6, 6.07) is 7.06.